The number of carbonyl (C=O) groups excluding carboxylic acids is 1. The first-order chi connectivity index (χ1) is 9.58. The van der Waals surface area contributed by atoms with Crippen LogP contribution in [0.25, 0.3) is 0 Å². The first-order valence-electron chi connectivity index (χ1n) is 7.07. The minimum Gasteiger partial charge on any atom is -0.366 e. The molecule has 110 valence electrons. The number of primary amides is 1. The number of rotatable bonds is 4. The van der Waals surface area contributed by atoms with Gasteiger partial charge in [-0.2, -0.15) is 0 Å². The Kier molecular flexibility index (Phi) is 5.09. The molecule has 1 aromatic rings. The van der Waals surface area contributed by atoms with Crippen molar-refractivity contribution >= 4 is 5.91 Å². The van der Waals surface area contributed by atoms with Gasteiger partial charge in [0.2, 0.25) is 5.91 Å². The first kappa shape index (κ1) is 14.9. The summed E-state index contributed by atoms with van der Waals surface area (Å²) >= 11 is 0. The summed E-state index contributed by atoms with van der Waals surface area (Å²) in [7, 11) is 2.01. The lowest BCUT2D eigenvalue weighted by atomic mass is 10.1. The van der Waals surface area contributed by atoms with Crippen LogP contribution in [-0.4, -0.2) is 37.0 Å². The Morgan fingerprint density at radius 1 is 1.45 bits per heavy atom. The molecule has 1 saturated heterocycles. The summed E-state index contributed by atoms with van der Waals surface area (Å²) in [4.78, 5) is 13.3. The van der Waals surface area contributed by atoms with Crippen LogP contribution in [0.2, 0.25) is 0 Å². The zero-order chi connectivity index (χ0) is 14.5. The lowest BCUT2D eigenvalue weighted by Gasteiger charge is -2.27. The number of hydrogen-bond donors (Lipinski definition) is 2. The molecule has 0 bridgehead atoms. The van der Waals surface area contributed by atoms with Gasteiger partial charge in [-0.25, -0.2) is 4.39 Å². The van der Waals surface area contributed by atoms with Gasteiger partial charge in [0.05, 0.1) is 0 Å². The van der Waals surface area contributed by atoms with Crippen LogP contribution >= 0.6 is 0 Å². The van der Waals surface area contributed by atoms with Crippen molar-refractivity contribution in [2.45, 2.75) is 31.8 Å². The maximum Gasteiger partial charge on any atom is 0.248 e. The first-order valence-corrected chi connectivity index (χ1v) is 7.07. The number of amides is 1. The van der Waals surface area contributed by atoms with Crippen LogP contribution in [0, 0.1) is 5.82 Å². The average molecular weight is 279 g/mol. The van der Waals surface area contributed by atoms with E-state index in [1.54, 1.807) is 6.07 Å². The number of halogens is 1. The molecule has 0 saturated carbocycles. The Balaban J connectivity index is 2.07. The third-order valence-electron chi connectivity index (χ3n) is 3.92. The van der Waals surface area contributed by atoms with E-state index in [-0.39, 0.29) is 5.82 Å². The van der Waals surface area contributed by atoms with E-state index in [9.17, 15) is 9.18 Å². The topological polar surface area (TPSA) is 58.4 Å². The molecular formula is C15H22FN3O. The van der Waals surface area contributed by atoms with Crippen molar-refractivity contribution < 1.29 is 9.18 Å². The SMILES string of the molecule is CN(Cc1cc(C(N)=O)ccc1F)C1CCCNCC1. The maximum atomic E-state index is 13.8. The number of benzene rings is 1. The molecule has 4 nitrogen and oxygen atoms in total. The highest BCUT2D eigenvalue weighted by Gasteiger charge is 2.18. The smallest absolute Gasteiger partial charge is 0.248 e. The van der Waals surface area contributed by atoms with Crippen LogP contribution in [-0.2, 0) is 6.54 Å². The summed E-state index contributed by atoms with van der Waals surface area (Å²) in [5, 5.41) is 3.37. The Morgan fingerprint density at radius 3 is 3.00 bits per heavy atom. The molecule has 1 atom stereocenters. The van der Waals surface area contributed by atoms with Gasteiger partial charge < -0.3 is 11.1 Å². The Labute approximate surface area is 119 Å². The fourth-order valence-electron chi connectivity index (χ4n) is 2.69. The molecule has 0 aliphatic carbocycles. The lowest BCUT2D eigenvalue weighted by Crippen LogP contribution is -2.32. The molecule has 0 radical (unpaired) electrons. The molecule has 1 heterocycles. The summed E-state index contributed by atoms with van der Waals surface area (Å²) in [5.74, 6) is -0.804. The van der Waals surface area contributed by atoms with Crippen LogP contribution in [0.15, 0.2) is 18.2 Å². The predicted octanol–water partition coefficient (Wildman–Crippen LogP) is 1.50. The average Bonchev–Trinajstić information content (AvgIpc) is 2.70. The van der Waals surface area contributed by atoms with Gasteiger partial charge in [-0.3, -0.25) is 9.69 Å². The number of nitrogens with two attached hydrogens (primary N) is 1. The van der Waals surface area contributed by atoms with Crippen molar-refractivity contribution in [1.82, 2.24) is 10.2 Å². The molecule has 0 aromatic heterocycles. The fraction of sp³-hybridized carbons (Fsp3) is 0.533. The maximum absolute atomic E-state index is 13.8. The van der Waals surface area contributed by atoms with Gasteiger partial charge in [-0.15, -0.1) is 0 Å². The summed E-state index contributed by atoms with van der Waals surface area (Å²) in [6, 6.07) is 4.75. The Hall–Kier alpha value is -1.46. The molecule has 1 fully saturated rings. The predicted molar refractivity (Wildman–Crippen MR) is 76.9 cm³/mol. The second-order valence-corrected chi connectivity index (χ2v) is 5.42. The van der Waals surface area contributed by atoms with Crippen molar-refractivity contribution in [3.8, 4) is 0 Å². The minimum absolute atomic E-state index is 0.284. The van der Waals surface area contributed by atoms with Gasteiger partial charge in [-0.05, 0) is 57.6 Å². The fourth-order valence-corrected chi connectivity index (χ4v) is 2.69. The summed E-state index contributed by atoms with van der Waals surface area (Å²) in [6.07, 6.45) is 3.31. The van der Waals surface area contributed by atoms with Gasteiger partial charge >= 0.3 is 0 Å². The van der Waals surface area contributed by atoms with Gasteiger partial charge in [0.1, 0.15) is 5.82 Å². The Bertz CT molecular complexity index is 470. The minimum atomic E-state index is -0.521. The van der Waals surface area contributed by atoms with E-state index in [0.29, 0.717) is 23.7 Å². The van der Waals surface area contributed by atoms with Gasteiger partial charge in [0.15, 0.2) is 0 Å². The molecule has 1 unspecified atom stereocenters. The molecule has 1 aromatic carbocycles. The van der Waals surface area contributed by atoms with Gasteiger partial charge in [-0.1, -0.05) is 0 Å². The number of nitrogens with zero attached hydrogens (tertiary/aromatic N) is 1. The lowest BCUT2D eigenvalue weighted by molar-refractivity contribution is 0.1000. The highest BCUT2D eigenvalue weighted by Crippen LogP contribution is 2.17. The summed E-state index contributed by atoms with van der Waals surface area (Å²) in [5.41, 5.74) is 6.13. The van der Waals surface area contributed by atoms with Crippen molar-refractivity contribution in [3.05, 3.63) is 35.1 Å². The van der Waals surface area contributed by atoms with Crippen LogP contribution in [0.4, 0.5) is 4.39 Å². The second kappa shape index (κ2) is 6.81. The molecule has 3 N–H and O–H groups in total. The highest BCUT2D eigenvalue weighted by atomic mass is 19.1. The highest BCUT2D eigenvalue weighted by molar-refractivity contribution is 5.92. The third-order valence-corrected chi connectivity index (χ3v) is 3.92. The zero-order valence-corrected chi connectivity index (χ0v) is 11.9. The van der Waals surface area contributed by atoms with E-state index in [4.69, 9.17) is 5.73 Å². The second-order valence-electron chi connectivity index (χ2n) is 5.42. The van der Waals surface area contributed by atoms with E-state index in [2.05, 4.69) is 10.2 Å². The monoisotopic (exact) mass is 279 g/mol. The molecule has 1 aliphatic rings. The van der Waals surface area contributed by atoms with Gasteiger partial charge in [0.25, 0.3) is 0 Å². The zero-order valence-electron chi connectivity index (χ0n) is 11.9. The molecule has 1 aliphatic heterocycles. The van der Waals surface area contributed by atoms with Crippen LogP contribution in [0.3, 0.4) is 0 Å². The van der Waals surface area contributed by atoms with Gasteiger partial charge in [0, 0.05) is 23.7 Å². The summed E-state index contributed by atoms with van der Waals surface area (Å²) in [6.45, 7) is 2.55. The number of nitrogens with one attached hydrogen (secondary N) is 1. The van der Waals surface area contributed by atoms with E-state index in [1.807, 2.05) is 7.05 Å². The van der Waals surface area contributed by atoms with Crippen molar-refractivity contribution in [2.24, 2.45) is 5.73 Å². The van der Waals surface area contributed by atoms with E-state index in [1.165, 1.54) is 12.1 Å². The van der Waals surface area contributed by atoms with Crippen molar-refractivity contribution in [3.63, 3.8) is 0 Å². The molecular weight excluding hydrogens is 257 g/mol. The normalized spacial score (nSPS) is 19.9. The van der Waals surface area contributed by atoms with Crippen LogP contribution in [0.1, 0.15) is 35.2 Å². The van der Waals surface area contributed by atoms with E-state index < -0.39 is 5.91 Å². The third kappa shape index (κ3) is 3.77. The standard InChI is InChI=1S/C15H22FN3O/c1-19(13-3-2-7-18-8-6-13)10-12-9-11(15(17)20)4-5-14(12)16/h4-5,9,13,18H,2-3,6-8,10H2,1H3,(H2,17,20). The summed E-state index contributed by atoms with van der Waals surface area (Å²) < 4.78 is 13.8. The number of carbonyl (C=O) groups is 1. The molecule has 1 amide bonds. The van der Waals surface area contributed by atoms with E-state index in [0.717, 1.165) is 32.4 Å². The van der Waals surface area contributed by atoms with Crippen molar-refractivity contribution in [2.75, 3.05) is 20.1 Å². The largest absolute Gasteiger partial charge is 0.366 e. The molecule has 5 heteroatoms. The number of hydrogen-bond acceptors (Lipinski definition) is 3. The molecule has 2 rings (SSSR count). The Morgan fingerprint density at radius 2 is 2.25 bits per heavy atom. The van der Waals surface area contributed by atoms with E-state index >= 15 is 0 Å². The van der Waals surface area contributed by atoms with Crippen LogP contribution < -0.4 is 11.1 Å². The van der Waals surface area contributed by atoms with Crippen LogP contribution in [0.5, 0.6) is 0 Å². The quantitative estimate of drug-likeness (QED) is 0.878. The van der Waals surface area contributed by atoms with Crippen molar-refractivity contribution in [1.29, 1.82) is 0 Å². The molecule has 0 spiro atoms. The molecule has 20 heavy (non-hydrogen) atoms.